The lowest BCUT2D eigenvalue weighted by Crippen LogP contribution is -2.34. The summed E-state index contributed by atoms with van der Waals surface area (Å²) in [6.45, 7) is 2.45. The molecule has 0 spiro atoms. The van der Waals surface area contributed by atoms with Crippen LogP contribution in [0.2, 0.25) is 0 Å². The Labute approximate surface area is 194 Å². The van der Waals surface area contributed by atoms with Gasteiger partial charge in [-0.2, -0.15) is 0 Å². The second-order valence-electron chi connectivity index (χ2n) is 8.75. The number of aliphatic carboxylic acids is 1. The molecular formula is C28H28O5. The van der Waals surface area contributed by atoms with E-state index in [0.29, 0.717) is 37.2 Å². The van der Waals surface area contributed by atoms with Gasteiger partial charge in [-0.1, -0.05) is 36.4 Å². The Morgan fingerprint density at radius 3 is 2.33 bits per heavy atom. The summed E-state index contributed by atoms with van der Waals surface area (Å²) in [5, 5.41) is 10.0. The number of carboxylic acid groups (broad SMARTS) is 1. The van der Waals surface area contributed by atoms with Crippen molar-refractivity contribution in [3.63, 3.8) is 0 Å². The van der Waals surface area contributed by atoms with E-state index in [1.54, 1.807) is 25.3 Å². The maximum atomic E-state index is 13.2. The third-order valence-corrected chi connectivity index (χ3v) is 6.36. The fraction of sp³-hybridized carbons (Fsp3) is 0.286. The fourth-order valence-electron chi connectivity index (χ4n) is 4.59. The number of carboxylic acids is 1. The van der Waals surface area contributed by atoms with E-state index in [1.165, 1.54) is 0 Å². The van der Waals surface area contributed by atoms with Crippen LogP contribution >= 0.6 is 0 Å². The first-order valence-electron chi connectivity index (χ1n) is 11.1. The smallest absolute Gasteiger partial charge is 0.310 e. The molecule has 0 unspecified atom stereocenters. The molecule has 0 aliphatic heterocycles. The topological polar surface area (TPSA) is 72.8 Å². The number of ketones is 1. The van der Waals surface area contributed by atoms with Crippen molar-refractivity contribution in [1.29, 1.82) is 0 Å². The molecule has 5 nitrogen and oxygen atoms in total. The van der Waals surface area contributed by atoms with Crippen LogP contribution in [0.5, 0.6) is 11.5 Å². The first-order chi connectivity index (χ1) is 15.9. The number of methoxy groups -OCH3 is 1. The third-order valence-electron chi connectivity index (χ3n) is 6.36. The van der Waals surface area contributed by atoms with Gasteiger partial charge in [0.2, 0.25) is 0 Å². The number of carbonyl (C=O) groups excluding carboxylic acids is 1. The highest BCUT2D eigenvalue weighted by Gasteiger charge is 2.45. The molecule has 0 atom stereocenters. The molecule has 1 N–H and O–H groups in total. The van der Waals surface area contributed by atoms with Crippen LogP contribution in [0.25, 0.3) is 0 Å². The highest BCUT2D eigenvalue weighted by Crippen LogP contribution is 2.41. The average Bonchev–Trinajstić information content (AvgIpc) is 3.18. The SMILES string of the molecule is COc1ccc(C(=O)CC2(C(=O)O)Cc3ccccc3C2)cc1CCOc1cccc(C)c1. The number of hydrogen-bond donors (Lipinski definition) is 1. The Hall–Kier alpha value is -3.60. The molecule has 0 saturated heterocycles. The van der Waals surface area contributed by atoms with E-state index in [-0.39, 0.29) is 12.2 Å². The number of Topliss-reactive ketones (excluding diaryl/α,β-unsaturated/α-hetero) is 1. The van der Waals surface area contributed by atoms with Gasteiger partial charge in [0.15, 0.2) is 5.78 Å². The van der Waals surface area contributed by atoms with E-state index in [0.717, 1.165) is 28.0 Å². The van der Waals surface area contributed by atoms with Gasteiger partial charge >= 0.3 is 5.97 Å². The molecule has 0 bridgehead atoms. The summed E-state index contributed by atoms with van der Waals surface area (Å²) in [6, 6.07) is 20.8. The highest BCUT2D eigenvalue weighted by molar-refractivity contribution is 5.99. The van der Waals surface area contributed by atoms with E-state index in [2.05, 4.69) is 0 Å². The lowest BCUT2D eigenvalue weighted by Gasteiger charge is -2.23. The normalized spacial score (nSPS) is 13.9. The molecule has 0 radical (unpaired) electrons. The van der Waals surface area contributed by atoms with Crippen LogP contribution in [0, 0.1) is 12.3 Å². The number of benzene rings is 3. The quantitative estimate of drug-likeness (QED) is 0.467. The van der Waals surface area contributed by atoms with Crippen LogP contribution in [0.1, 0.15) is 39.0 Å². The zero-order valence-electron chi connectivity index (χ0n) is 19.0. The molecule has 3 aromatic carbocycles. The third kappa shape index (κ3) is 4.92. The second kappa shape index (κ2) is 9.49. The summed E-state index contributed by atoms with van der Waals surface area (Å²) < 4.78 is 11.3. The van der Waals surface area contributed by atoms with Gasteiger partial charge in [0.1, 0.15) is 11.5 Å². The molecule has 33 heavy (non-hydrogen) atoms. The van der Waals surface area contributed by atoms with Crippen LogP contribution in [0.4, 0.5) is 0 Å². The van der Waals surface area contributed by atoms with Crippen LogP contribution in [-0.4, -0.2) is 30.6 Å². The minimum Gasteiger partial charge on any atom is -0.496 e. The van der Waals surface area contributed by atoms with Crippen molar-refractivity contribution >= 4 is 11.8 Å². The summed E-state index contributed by atoms with van der Waals surface area (Å²) in [7, 11) is 1.59. The zero-order valence-corrected chi connectivity index (χ0v) is 19.0. The van der Waals surface area contributed by atoms with Gasteiger partial charge in [-0.15, -0.1) is 0 Å². The molecule has 0 fully saturated rings. The van der Waals surface area contributed by atoms with Crippen molar-refractivity contribution < 1.29 is 24.2 Å². The molecule has 0 heterocycles. The number of aryl methyl sites for hydroxylation is 1. The minimum absolute atomic E-state index is 0.0391. The zero-order chi connectivity index (χ0) is 23.4. The van der Waals surface area contributed by atoms with Crippen LogP contribution in [0.3, 0.4) is 0 Å². The van der Waals surface area contributed by atoms with Crippen molar-refractivity contribution in [3.05, 3.63) is 94.5 Å². The molecule has 5 heteroatoms. The van der Waals surface area contributed by atoms with E-state index in [4.69, 9.17) is 9.47 Å². The van der Waals surface area contributed by atoms with Crippen LogP contribution in [0.15, 0.2) is 66.7 Å². The maximum absolute atomic E-state index is 13.2. The standard InChI is InChI=1S/C28H28O5/c1-19-6-5-9-24(14-19)33-13-12-21-15-20(10-11-26(21)32-2)25(29)18-28(27(30)31)16-22-7-3-4-8-23(22)17-28/h3-11,14-15H,12-13,16-18H2,1-2H3,(H,30,31). The van der Waals surface area contributed by atoms with Crippen molar-refractivity contribution in [3.8, 4) is 11.5 Å². The average molecular weight is 445 g/mol. The van der Waals surface area contributed by atoms with Crippen LogP contribution in [-0.2, 0) is 24.1 Å². The van der Waals surface area contributed by atoms with Gasteiger partial charge in [0.05, 0.1) is 19.1 Å². The molecule has 0 aromatic heterocycles. The number of hydrogen-bond acceptors (Lipinski definition) is 4. The Bertz CT molecular complexity index is 1160. The first-order valence-corrected chi connectivity index (χ1v) is 11.1. The summed E-state index contributed by atoms with van der Waals surface area (Å²) in [5.74, 6) is 0.382. The first kappa shape index (κ1) is 22.6. The molecule has 3 aromatic rings. The molecule has 170 valence electrons. The Balaban J connectivity index is 1.49. The van der Waals surface area contributed by atoms with Gasteiger partial charge in [-0.05, 0) is 72.4 Å². The fourth-order valence-corrected chi connectivity index (χ4v) is 4.59. The van der Waals surface area contributed by atoms with E-state index in [9.17, 15) is 14.7 Å². The number of rotatable bonds is 9. The van der Waals surface area contributed by atoms with Gasteiger partial charge < -0.3 is 14.6 Å². The molecule has 1 aliphatic rings. The summed E-state index contributed by atoms with van der Waals surface area (Å²) in [6.07, 6.45) is 1.27. The largest absolute Gasteiger partial charge is 0.496 e. The number of fused-ring (bicyclic) bond motifs is 1. The Morgan fingerprint density at radius 2 is 1.70 bits per heavy atom. The van der Waals surface area contributed by atoms with Crippen molar-refractivity contribution in [1.82, 2.24) is 0 Å². The van der Waals surface area contributed by atoms with Gasteiger partial charge in [-0.25, -0.2) is 0 Å². The van der Waals surface area contributed by atoms with Gasteiger partial charge in [0.25, 0.3) is 0 Å². The van der Waals surface area contributed by atoms with Crippen LogP contribution < -0.4 is 9.47 Å². The molecule has 4 rings (SSSR count). The lowest BCUT2D eigenvalue weighted by molar-refractivity contribution is -0.148. The lowest BCUT2D eigenvalue weighted by atomic mass is 9.78. The number of ether oxygens (including phenoxy) is 2. The second-order valence-corrected chi connectivity index (χ2v) is 8.75. The molecule has 1 aliphatic carbocycles. The van der Waals surface area contributed by atoms with E-state index >= 15 is 0 Å². The van der Waals surface area contributed by atoms with Gasteiger partial charge in [-0.3, -0.25) is 9.59 Å². The predicted molar refractivity (Wildman–Crippen MR) is 126 cm³/mol. The van der Waals surface area contributed by atoms with Gasteiger partial charge in [0, 0.05) is 18.4 Å². The Kier molecular flexibility index (Phi) is 6.50. The van der Waals surface area contributed by atoms with E-state index < -0.39 is 11.4 Å². The summed E-state index contributed by atoms with van der Waals surface area (Å²) in [5.41, 5.74) is 3.40. The molecule has 0 saturated carbocycles. The molecular weight excluding hydrogens is 416 g/mol. The Morgan fingerprint density at radius 1 is 0.970 bits per heavy atom. The minimum atomic E-state index is -1.10. The predicted octanol–water partition coefficient (Wildman–Crippen LogP) is 5.07. The summed E-state index contributed by atoms with van der Waals surface area (Å²) in [4.78, 5) is 25.4. The van der Waals surface area contributed by atoms with E-state index in [1.807, 2.05) is 55.5 Å². The van der Waals surface area contributed by atoms with Crippen molar-refractivity contribution in [2.45, 2.75) is 32.6 Å². The maximum Gasteiger partial charge on any atom is 0.310 e. The molecule has 0 amide bonds. The number of carbonyl (C=O) groups is 2. The van der Waals surface area contributed by atoms with Crippen molar-refractivity contribution in [2.24, 2.45) is 5.41 Å². The highest BCUT2D eigenvalue weighted by atomic mass is 16.5. The summed E-state index contributed by atoms with van der Waals surface area (Å²) >= 11 is 0. The monoisotopic (exact) mass is 444 g/mol. The van der Waals surface area contributed by atoms with Crippen molar-refractivity contribution in [2.75, 3.05) is 13.7 Å².